The number of pyridine rings is 1. The number of aromatic amines is 1. The number of thioether (sulfide) groups is 1. The van der Waals surface area contributed by atoms with Gasteiger partial charge in [0.05, 0.1) is 11.0 Å². The highest BCUT2D eigenvalue weighted by molar-refractivity contribution is 7.98. The van der Waals surface area contributed by atoms with Crippen molar-refractivity contribution < 1.29 is 0 Å². The molecule has 0 amide bonds. The Bertz CT molecular complexity index is 367. The standard InChI is InChI=1S/C8H8N2S/c1-11-7-3-5-9-6-2-4-10-8(6)7/h2-5,10H,1H3. The second-order valence-corrected chi connectivity index (χ2v) is 3.10. The third kappa shape index (κ3) is 1.01. The van der Waals surface area contributed by atoms with Crippen molar-refractivity contribution in [1.82, 2.24) is 9.97 Å². The molecule has 0 aliphatic carbocycles. The van der Waals surface area contributed by atoms with Gasteiger partial charge in [0, 0.05) is 17.3 Å². The van der Waals surface area contributed by atoms with E-state index in [9.17, 15) is 0 Å². The van der Waals surface area contributed by atoms with Crippen LogP contribution in [0.1, 0.15) is 0 Å². The molecule has 56 valence electrons. The van der Waals surface area contributed by atoms with Crippen molar-refractivity contribution in [3.05, 3.63) is 24.5 Å². The predicted octanol–water partition coefficient (Wildman–Crippen LogP) is 2.28. The third-order valence-electron chi connectivity index (χ3n) is 1.63. The molecule has 0 spiro atoms. The van der Waals surface area contributed by atoms with Crippen molar-refractivity contribution in [2.75, 3.05) is 6.26 Å². The lowest BCUT2D eigenvalue weighted by molar-refractivity contribution is 1.33. The number of nitrogens with zero attached hydrogens (tertiary/aromatic N) is 1. The van der Waals surface area contributed by atoms with E-state index in [1.165, 1.54) is 4.90 Å². The lowest BCUT2D eigenvalue weighted by atomic mass is 10.4. The maximum atomic E-state index is 4.21. The Balaban J connectivity index is 2.79. The summed E-state index contributed by atoms with van der Waals surface area (Å²) >= 11 is 1.73. The van der Waals surface area contributed by atoms with Gasteiger partial charge in [0.2, 0.25) is 0 Å². The van der Waals surface area contributed by atoms with Crippen LogP contribution < -0.4 is 0 Å². The molecular weight excluding hydrogens is 156 g/mol. The van der Waals surface area contributed by atoms with Crippen LogP contribution in [0, 0.1) is 0 Å². The lowest BCUT2D eigenvalue weighted by Gasteiger charge is -1.95. The fraction of sp³-hybridized carbons (Fsp3) is 0.125. The number of fused-ring (bicyclic) bond motifs is 1. The summed E-state index contributed by atoms with van der Waals surface area (Å²) in [6.45, 7) is 0. The molecule has 0 saturated heterocycles. The maximum absolute atomic E-state index is 4.21. The van der Waals surface area contributed by atoms with E-state index in [0.717, 1.165) is 11.0 Å². The van der Waals surface area contributed by atoms with E-state index in [1.54, 1.807) is 11.8 Å². The average molecular weight is 164 g/mol. The molecule has 0 atom stereocenters. The predicted molar refractivity (Wildman–Crippen MR) is 47.9 cm³/mol. The van der Waals surface area contributed by atoms with Crippen molar-refractivity contribution >= 4 is 22.8 Å². The molecule has 0 aliphatic heterocycles. The first kappa shape index (κ1) is 6.73. The Hall–Kier alpha value is -0.960. The second-order valence-electron chi connectivity index (χ2n) is 2.25. The topological polar surface area (TPSA) is 28.7 Å². The smallest absolute Gasteiger partial charge is 0.0890 e. The van der Waals surface area contributed by atoms with Gasteiger partial charge in [0.25, 0.3) is 0 Å². The van der Waals surface area contributed by atoms with E-state index >= 15 is 0 Å². The number of aromatic nitrogens is 2. The second kappa shape index (κ2) is 2.58. The first-order valence-electron chi connectivity index (χ1n) is 3.38. The first-order valence-corrected chi connectivity index (χ1v) is 4.60. The van der Waals surface area contributed by atoms with Crippen molar-refractivity contribution in [1.29, 1.82) is 0 Å². The Morgan fingerprint density at radius 3 is 3.18 bits per heavy atom. The summed E-state index contributed by atoms with van der Waals surface area (Å²) in [6, 6.07) is 4.00. The van der Waals surface area contributed by atoms with Crippen molar-refractivity contribution in [3.8, 4) is 0 Å². The van der Waals surface area contributed by atoms with Crippen LogP contribution in [0.5, 0.6) is 0 Å². The molecule has 2 heterocycles. The van der Waals surface area contributed by atoms with E-state index in [-0.39, 0.29) is 0 Å². The van der Waals surface area contributed by atoms with E-state index < -0.39 is 0 Å². The van der Waals surface area contributed by atoms with E-state index in [0.29, 0.717) is 0 Å². The van der Waals surface area contributed by atoms with Gasteiger partial charge in [-0.1, -0.05) is 0 Å². The Kier molecular flexibility index (Phi) is 1.58. The van der Waals surface area contributed by atoms with Crippen LogP contribution in [0.4, 0.5) is 0 Å². The molecule has 2 aromatic rings. The molecule has 0 aromatic carbocycles. The van der Waals surface area contributed by atoms with E-state index in [1.807, 2.05) is 24.5 Å². The van der Waals surface area contributed by atoms with Crippen molar-refractivity contribution in [3.63, 3.8) is 0 Å². The van der Waals surface area contributed by atoms with Gasteiger partial charge in [-0.3, -0.25) is 4.98 Å². The van der Waals surface area contributed by atoms with Crippen LogP contribution in [0.2, 0.25) is 0 Å². The molecule has 2 aromatic heterocycles. The molecule has 11 heavy (non-hydrogen) atoms. The van der Waals surface area contributed by atoms with Crippen molar-refractivity contribution in [2.45, 2.75) is 4.90 Å². The molecule has 3 heteroatoms. The highest BCUT2D eigenvalue weighted by Crippen LogP contribution is 2.22. The molecule has 0 fully saturated rings. The summed E-state index contributed by atoms with van der Waals surface area (Å²) in [7, 11) is 0. The summed E-state index contributed by atoms with van der Waals surface area (Å²) in [4.78, 5) is 8.61. The normalized spacial score (nSPS) is 10.6. The van der Waals surface area contributed by atoms with Crippen LogP contribution in [0.25, 0.3) is 11.0 Å². The molecule has 0 saturated carbocycles. The van der Waals surface area contributed by atoms with Gasteiger partial charge in [-0.2, -0.15) is 0 Å². The number of H-pyrrole nitrogens is 1. The maximum Gasteiger partial charge on any atom is 0.0890 e. The zero-order valence-corrected chi connectivity index (χ0v) is 6.98. The van der Waals surface area contributed by atoms with Gasteiger partial charge in [-0.25, -0.2) is 0 Å². The number of nitrogens with one attached hydrogen (secondary N) is 1. The SMILES string of the molecule is CSc1ccnc2cc[nH]c12. The van der Waals surface area contributed by atoms with Crippen LogP contribution >= 0.6 is 11.8 Å². The molecule has 0 unspecified atom stereocenters. The van der Waals surface area contributed by atoms with Gasteiger partial charge < -0.3 is 4.98 Å². The van der Waals surface area contributed by atoms with Crippen LogP contribution in [-0.2, 0) is 0 Å². The Morgan fingerprint density at radius 1 is 1.45 bits per heavy atom. The minimum atomic E-state index is 1.04. The Morgan fingerprint density at radius 2 is 2.36 bits per heavy atom. The van der Waals surface area contributed by atoms with Crippen molar-refractivity contribution in [2.24, 2.45) is 0 Å². The van der Waals surface area contributed by atoms with Gasteiger partial charge >= 0.3 is 0 Å². The van der Waals surface area contributed by atoms with Crippen LogP contribution in [0.3, 0.4) is 0 Å². The molecule has 2 nitrogen and oxygen atoms in total. The molecule has 2 rings (SSSR count). The first-order chi connectivity index (χ1) is 5.42. The summed E-state index contributed by atoms with van der Waals surface area (Å²) in [5.41, 5.74) is 2.18. The average Bonchev–Trinajstić information content (AvgIpc) is 2.50. The lowest BCUT2D eigenvalue weighted by Crippen LogP contribution is -1.76. The third-order valence-corrected chi connectivity index (χ3v) is 2.41. The van der Waals surface area contributed by atoms with Crippen LogP contribution in [0.15, 0.2) is 29.4 Å². The molecular formula is C8H8N2S. The van der Waals surface area contributed by atoms with E-state index in [2.05, 4.69) is 16.2 Å². The number of hydrogen-bond donors (Lipinski definition) is 1. The molecule has 0 bridgehead atoms. The molecule has 0 aliphatic rings. The molecule has 0 radical (unpaired) electrons. The van der Waals surface area contributed by atoms with Gasteiger partial charge in [-0.15, -0.1) is 11.8 Å². The number of hydrogen-bond acceptors (Lipinski definition) is 2. The largest absolute Gasteiger partial charge is 0.359 e. The highest BCUT2D eigenvalue weighted by atomic mass is 32.2. The summed E-state index contributed by atoms with van der Waals surface area (Å²) in [5, 5.41) is 0. The summed E-state index contributed by atoms with van der Waals surface area (Å²) < 4.78 is 0. The highest BCUT2D eigenvalue weighted by Gasteiger charge is 1.99. The quantitative estimate of drug-likeness (QED) is 0.655. The molecule has 1 N–H and O–H groups in total. The summed E-state index contributed by atoms with van der Waals surface area (Å²) in [5.74, 6) is 0. The van der Waals surface area contributed by atoms with Gasteiger partial charge in [-0.05, 0) is 18.4 Å². The number of rotatable bonds is 1. The fourth-order valence-corrected chi connectivity index (χ4v) is 1.67. The zero-order valence-electron chi connectivity index (χ0n) is 6.16. The zero-order chi connectivity index (χ0) is 7.68. The minimum Gasteiger partial charge on any atom is -0.359 e. The van der Waals surface area contributed by atoms with E-state index in [4.69, 9.17) is 0 Å². The Labute approximate surface area is 69.0 Å². The minimum absolute atomic E-state index is 1.04. The monoisotopic (exact) mass is 164 g/mol. The van der Waals surface area contributed by atoms with Crippen LogP contribution in [-0.4, -0.2) is 16.2 Å². The van der Waals surface area contributed by atoms with Gasteiger partial charge in [0.15, 0.2) is 0 Å². The summed E-state index contributed by atoms with van der Waals surface area (Å²) in [6.07, 6.45) is 5.81. The van der Waals surface area contributed by atoms with Gasteiger partial charge in [0.1, 0.15) is 0 Å². The fourth-order valence-electron chi connectivity index (χ4n) is 1.10.